The lowest BCUT2D eigenvalue weighted by Gasteiger charge is -2.60. The van der Waals surface area contributed by atoms with Crippen LogP contribution < -0.4 is 0 Å². The molecule has 0 N–H and O–H groups in total. The Balaban J connectivity index is 1.30. The highest BCUT2D eigenvalue weighted by atomic mass is 32.2. The van der Waals surface area contributed by atoms with Gasteiger partial charge in [0.05, 0.1) is 11.0 Å². The SMILES string of the molecule is Cc1ccc(S(=O)(=O)O[C@H]2CC[C@@]3(C)[C@@H](CC[C@@H]4[C@@H]3CC[C@]3(C)[C@H](N=[N+]=[N-])CC[C@@H]43)C2)cc1. The van der Waals surface area contributed by atoms with E-state index in [9.17, 15) is 8.42 Å². The van der Waals surface area contributed by atoms with Gasteiger partial charge in [-0.05, 0) is 117 Å². The van der Waals surface area contributed by atoms with Gasteiger partial charge in [0.15, 0.2) is 0 Å². The van der Waals surface area contributed by atoms with Crippen LogP contribution in [-0.4, -0.2) is 20.6 Å². The van der Waals surface area contributed by atoms with Gasteiger partial charge in [-0.1, -0.05) is 36.7 Å². The van der Waals surface area contributed by atoms with Crippen molar-refractivity contribution in [3.63, 3.8) is 0 Å². The van der Waals surface area contributed by atoms with Crippen LogP contribution in [0.1, 0.15) is 77.2 Å². The van der Waals surface area contributed by atoms with Crippen molar-refractivity contribution in [1.29, 1.82) is 0 Å². The number of nitrogens with zero attached hydrogens (tertiary/aromatic N) is 3. The Kier molecular flexibility index (Phi) is 5.82. The molecule has 0 amide bonds. The topological polar surface area (TPSA) is 92.1 Å². The third-order valence-corrected chi connectivity index (χ3v) is 11.7. The van der Waals surface area contributed by atoms with Gasteiger partial charge in [0, 0.05) is 11.0 Å². The Hall–Kier alpha value is -1.56. The van der Waals surface area contributed by atoms with Crippen molar-refractivity contribution in [3.05, 3.63) is 40.3 Å². The third-order valence-electron chi connectivity index (χ3n) is 10.3. The molecule has 8 atom stereocenters. The van der Waals surface area contributed by atoms with E-state index in [1.165, 1.54) is 19.3 Å². The molecule has 5 rings (SSSR count). The maximum absolute atomic E-state index is 12.9. The van der Waals surface area contributed by atoms with E-state index < -0.39 is 10.1 Å². The second kappa shape index (κ2) is 8.28. The molecule has 0 heterocycles. The van der Waals surface area contributed by atoms with Gasteiger partial charge in [-0.15, -0.1) is 0 Å². The zero-order chi connectivity index (χ0) is 23.4. The summed E-state index contributed by atoms with van der Waals surface area (Å²) in [7, 11) is -3.73. The summed E-state index contributed by atoms with van der Waals surface area (Å²) in [6, 6.07) is 7.08. The van der Waals surface area contributed by atoms with Crippen molar-refractivity contribution in [2.45, 2.75) is 95.6 Å². The molecule has 0 saturated heterocycles. The maximum atomic E-state index is 12.9. The summed E-state index contributed by atoms with van der Waals surface area (Å²) in [6.45, 7) is 6.79. The van der Waals surface area contributed by atoms with Gasteiger partial charge < -0.3 is 0 Å². The molecule has 1 aromatic rings. The van der Waals surface area contributed by atoms with Crippen molar-refractivity contribution in [2.24, 2.45) is 39.6 Å². The number of hydrogen-bond donors (Lipinski definition) is 0. The van der Waals surface area contributed by atoms with E-state index in [-0.39, 0.29) is 27.9 Å². The number of aryl methyl sites for hydroxylation is 1. The number of azide groups is 1. The monoisotopic (exact) mass is 471 g/mol. The molecule has 0 radical (unpaired) electrons. The van der Waals surface area contributed by atoms with E-state index >= 15 is 0 Å². The van der Waals surface area contributed by atoms with Gasteiger partial charge in [-0.2, -0.15) is 8.42 Å². The lowest BCUT2D eigenvalue weighted by atomic mass is 9.45. The summed E-state index contributed by atoms with van der Waals surface area (Å²) in [5.74, 6) is 2.57. The summed E-state index contributed by atoms with van der Waals surface area (Å²) in [6.07, 6.45) is 9.40. The fraction of sp³-hybridized carbons (Fsp3) is 0.769. The summed E-state index contributed by atoms with van der Waals surface area (Å²) in [5, 5.41) is 4.20. The summed E-state index contributed by atoms with van der Waals surface area (Å²) < 4.78 is 31.5. The Morgan fingerprint density at radius 3 is 2.39 bits per heavy atom. The third kappa shape index (κ3) is 3.81. The number of hydrogen-bond acceptors (Lipinski definition) is 4. The molecule has 4 fully saturated rings. The predicted octanol–water partition coefficient (Wildman–Crippen LogP) is 6.79. The number of fused-ring (bicyclic) bond motifs is 5. The van der Waals surface area contributed by atoms with Crippen molar-refractivity contribution < 1.29 is 12.6 Å². The molecule has 7 heteroatoms. The Morgan fingerprint density at radius 2 is 1.67 bits per heavy atom. The van der Waals surface area contributed by atoms with Crippen molar-refractivity contribution in [2.75, 3.05) is 0 Å². The Labute approximate surface area is 198 Å². The standard InChI is InChI=1S/C26H37N3O3S/c1-17-4-7-20(8-5-17)33(30,31)32-19-12-14-25(2)18(16-19)6-9-21-22-10-11-24(28-29-27)26(22,3)15-13-23(21)25/h4-5,7-8,18-19,21-24H,6,9-16H2,1-3H3/t18-,19-,21-,22-,23-,24+,25-,26-/m0/s1. The van der Waals surface area contributed by atoms with Crippen molar-refractivity contribution in [3.8, 4) is 0 Å². The van der Waals surface area contributed by atoms with Gasteiger partial charge in [-0.25, -0.2) is 0 Å². The average molecular weight is 472 g/mol. The van der Waals surface area contributed by atoms with Crippen LogP contribution >= 0.6 is 0 Å². The van der Waals surface area contributed by atoms with E-state index in [0.717, 1.165) is 44.1 Å². The molecule has 1 aromatic carbocycles. The van der Waals surface area contributed by atoms with Crippen LogP contribution in [0.5, 0.6) is 0 Å². The van der Waals surface area contributed by atoms with Gasteiger partial charge in [-0.3, -0.25) is 4.18 Å². The lowest BCUT2D eigenvalue weighted by molar-refractivity contribution is -0.119. The Bertz CT molecular complexity index is 1050. The number of rotatable bonds is 4. The average Bonchev–Trinajstić information content (AvgIpc) is 3.11. The van der Waals surface area contributed by atoms with Crippen LogP contribution in [0.15, 0.2) is 34.3 Å². The summed E-state index contributed by atoms with van der Waals surface area (Å²) in [4.78, 5) is 3.42. The lowest BCUT2D eigenvalue weighted by Crippen LogP contribution is -2.54. The maximum Gasteiger partial charge on any atom is 0.297 e. The highest BCUT2D eigenvalue weighted by Gasteiger charge is 2.60. The molecule has 6 nitrogen and oxygen atoms in total. The fourth-order valence-corrected chi connectivity index (χ4v) is 9.58. The molecular formula is C26H37N3O3S. The first-order valence-corrected chi connectivity index (χ1v) is 14.1. The quantitative estimate of drug-likeness (QED) is 0.209. The zero-order valence-electron chi connectivity index (χ0n) is 20.1. The normalized spacial score (nSPS) is 42.5. The highest BCUT2D eigenvalue weighted by molar-refractivity contribution is 7.86. The minimum Gasteiger partial charge on any atom is -0.263 e. The summed E-state index contributed by atoms with van der Waals surface area (Å²) in [5.41, 5.74) is 10.5. The van der Waals surface area contributed by atoms with Crippen LogP contribution in [0, 0.1) is 41.4 Å². The van der Waals surface area contributed by atoms with E-state index in [1.807, 2.05) is 19.1 Å². The summed E-state index contributed by atoms with van der Waals surface area (Å²) >= 11 is 0. The van der Waals surface area contributed by atoms with Crippen LogP contribution in [0.2, 0.25) is 0 Å². The molecule has 0 bridgehead atoms. The second-order valence-electron chi connectivity index (χ2n) is 11.8. The van der Waals surface area contributed by atoms with Crippen LogP contribution in [0.3, 0.4) is 0 Å². The molecule has 33 heavy (non-hydrogen) atoms. The van der Waals surface area contributed by atoms with Crippen molar-refractivity contribution in [1.82, 2.24) is 0 Å². The van der Waals surface area contributed by atoms with Crippen LogP contribution in [0.25, 0.3) is 10.4 Å². The number of benzene rings is 1. The van der Waals surface area contributed by atoms with E-state index in [1.54, 1.807) is 12.1 Å². The smallest absolute Gasteiger partial charge is 0.263 e. The molecule has 4 saturated carbocycles. The van der Waals surface area contributed by atoms with Crippen LogP contribution in [0.4, 0.5) is 0 Å². The minimum atomic E-state index is -3.73. The molecule has 4 aliphatic carbocycles. The molecule has 0 aliphatic heterocycles. The van der Waals surface area contributed by atoms with Gasteiger partial charge in [0.1, 0.15) is 0 Å². The van der Waals surface area contributed by atoms with Gasteiger partial charge in [0.2, 0.25) is 0 Å². The van der Waals surface area contributed by atoms with Gasteiger partial charge in [0.25, 0.3) is 10.1 Å². The van der Waals surface area contributed by atoms with E-state index in [0.29, 0.717) is 23.7 Å². The van der Waals surface area contributed by atoms with Crippen LogP contribution in [-0.2, 0) is 14.3 Å². The molecule has 4 aliphatic rings. The minimum absolute atomic E-state index is 0.148. The first-order chi connectivity index (χ1) is 15.7. The highest BCUT2D eigenvalue weighted by Crippen LogP contribution is 2.66. The zero-order valence-corrected chi connectivity index (χ0v) is 20.9. The molecule has 0 spiro atoms. The van der Waals surface area contributed by atoms with Crippen molar-refractivity contribution >= 4 is 10.1 Å². The van der Waals surface area contributed by atoms with E-state index in [2.05, 4.69) is 23.9 Å². The predicted molar refractivity (Wildman–Crippen MR) is 128 cm³/mol. The largest absolute Gasteiger partial charge is 0.297 e. The van der Waals surface area contributed by atoms with Gasteiger partial charge >= 0.3 is 0 Å². The van der Waals surface area contributed by atoms with E-state index in [4.69, 9.17) is 9.71 Å². The fourth-order valence-electron chi connectivity index (χ4n) is 8.47. The Morgan fingerprint density at radius 1 is 0.970 bits per heavy atom. The first kappa shape index (κ1) is 23.2. The molecule has 0 aromatic heterocycles. The first-order valence-electron chi connectivity index (χ1n) is 12.7. The second-order valence-corrected chi connectivity index (χ2v) is 13.3. The molecule has 180 valence electrons. The molecule has 0 unspecified atom stereocenters. The molecular weight excluding hydrogens is 434 g/mol.